The maximum absolute atomic E-state index is 13.0. The van der Waals surface area contributed by atoms with Crippen LogP contribution in [0.5, 0.6) is 5.75 Å². The first kappa shape index (κ1) is 28.4. The Hall–Kier alpha value is -3.19. The lowest BCUT2D eigenvalue weighted by molar-refractivity contribution is -0.150. The third-order valence-electron chi connectivity index (χ3n) is 5.65. The van der Waals surface area contributed by atoms with Crippen molar-refractivity contribution in [2.45, 2.75) is 26.2 Å². The first-order chi connectivity index (χ1) is 17.7. The van der Waals surface area contributed by atoms with Gasteiger partial charge in [-0.25, -0.2) is 0 Å². The Kier molecular flexibility index (Phi) is 9.86. The highest BCUT2D eigenvalue weighted by atomic mass is 35.5. The monoisotopic (exact) mass is 561 g/mol. The molecule has 0 radical (unpaired) electrons. The van der Waals surface area contributed by atoms with E-state index in [9.17, 15) is 19.6 Å². The summed E-state index contributed by atoms with van der Waals surface area (Å²) < 4.78 is 10.3. The molecular weight excluding hydrogens is 537 g/mol. The molecule has 3 rings (SSSR count). The summed E-state index contributed by atoms with van der Waals surface area (Å²) in [6.45, 7) is 4.14. The number of halogens is 2. The van der Waals surface area contributed by atoms with Gasteiger partial charge in [0.25, 0.3) is 0 Å². The summed E-state index contributed by atoms with van der Waals surface area (Å²) in [5.74, 6) is -4.05. The standard InChI is InChI=1S/C26H25Cl2N3O5S/c1-4-14-6-8-16(9-7-14)30-20(32)13-37-25-17(12-29)21(22(24(33)31-25)26(34)35-3)15-10-18(27)23(36-5-2)19(28)11-15/h6-11,21-22H,4-5,13H2,1-3H3,(H,30,32)(H,31,33)/t21-,22-/m1/s1. The van der Waals surface area contributed by atoms with Crippen LogP contribution in [0.15, 0.2) is 47.0 Å². The Bertz CT molecular complexity index is 1250. The van der Waals surface area contributed by atoms with Gasteiger partial charge in [-0.05, 0) is 48.7 Å². The van der Waals surface area contributed by atoms with Crippen molar-refractivity contribution >= 4 is 58.4 Å². The van der Waals surface area contributed by atoms with Gasteiger partial charge in [-0.15, -0.1) is 0 Å². The number of benzene rings is 2. The van der Waals surface area contributed by atoms with Crippen molar-refractivity contribution in [2.24, 2.45) is 5.92 Å². The number of nitrogens with one attached hydrogen (secondary N) is 2. The highest BCUT2D eigenvalue weighted by Crippen LogP contribution is 2.44. The Balaban J connectivity index is 1.93. The summed E-state index contributed by atoms with van der Waals surface area (Å²) in [4.78, 5) is 38.2. The van der Waals surface area contributed by atoms with E-state index in [0.717, 1.165) is 30.9 Å². The topological polar surface area (TPSA) is 118 Å². The molecule has 2 aromatic carbocycles. The van der Waals surface area contributed by atoms with E-state index in [-0.39, 0.29) is 38.1 Å². The summed E-state index contributed by atoms with van der Waals surface area (Å²) in [5.41, 5.74) is 2.21. The Morgan fingerprint density at radius 2 is 1.81 bits per heavy atom. The zero-order valence-corrected chi connectivity index (χ0v) is 22.7. The van der Waals surface area contributed by atoms with Crippen LogP contribution >= 0.6 is 35.0 Å². The summed E-state index contributed by atoms with van der Waals surface area (Å²) in [6, 6.07) is 12.5. The van der Waals surface area contributed by atoms with Crippen LogP contribution in [0.2, 0.25) is 10.0 Å². The Morgan fingerprint density at radius 1 is 1.16 bits per heavy atom. The van der Waals surface area contributed by atoms with E-state index in [0.29, 0.717) is 17.9 Å². The van der Waals surface area contributed by atoms with Crippen LogP contribution in [0.4, 0.5) is 5.69 Å². The van der Waals surface area contributed by atoms with Crippen LogP contribution < -0.4 is 15.4 Å². The molecule has 0 aromatic heterocycles. The molecule has 0 saturated heterocycles. The predicted octanol–water partition coefficient (Wildman–Crippen LogP) is 5.06. The molecular formula is C26H25Cl2N3O5S. The molecule has 0 saturated carbocycles. The smallest absolute Gasteiger partial charge is 0.319 e. The fraction of sp³-hybridized carbons (Fsp3) is 0.308. The number of methoxy groups -OCH3 is 1. The summed E-state index contributed by atoms with van der Waals surface area (Å²) in [6.07, 6.45) is 0.882. The van der Waals surface area contributed by atoms with Crippen LogP contribution in [0.3, 0.4) is 0 Å². The molecule has 2 amide bonds. The van der Waals surface area contributed by atoms with Crippen LogP contribution in [0.25, 0.3) is 0 Å². The molecule has 37 heavy (non-hydrogen) atoms. The highest BCUT2D eigenvalue weighted by Gasteiger charge is 2.44. The number of rotatable bonds is 9. The van der Waals surface area contributed by atoms with Crippen molar-refractivity contribution in [3.63, 3.8) is 0 Å². The molecule has 0 fully saturated rings. The number of thioether (sulfide) groups is 1. The van der Waals surface area contributed by atoms with Gasteiger partial charge >= 0.3 is 5.97 Å². The minimum absolute atomic E-state index is 0.0800. The van der Waals surface area contributed by atoms with Gasteiger partial charge in [0.2, 0.25) is 11.8 Å². The second kappa shape index (κ2) is 12.9. The van der Waals surface area contributed by atoms with E-state index in [1.54, 1.807) is 19.1 Å². The second-order valence-corrected chi connectivity index (χ2v) is 9.76. The third-order valence-corrected chi connectivity index (χ3v) is 7.22. The lowest BCUT2D eigenvalue weighted by Crippen LogP contribution is -2.44. The number of aryl methyl sites for hydroxylation is 1. The number of hydrogen-bond acceptors (Lipinski definition) is 7. The average Bonchev–Trinajstić information content (AvgIpc) is 2.89. The summed E-state index contributed by atoms with van der Waals surface area (Å²) in [7, 11) is 1.15. The van der Waals surface area contributed by atoms with Crippen molar-refractivity contribution in [3.05, 3.63) is 68.2 Å². The van der Waals surface area contributed by atoms with Gasteiger partial charge in [0.1, 0.15) is 5.92 Å². The quantitative estimate of drug-likeness (QED) is 0.324. The van der Waals surface area contributed by atoms with Crippen molar-refractivity contribution < 1.29 is 23.9 Å². The van der Waals surface area contributed by atoms with Crippen molar-refractivity contribution in [2.75, 3.05) is 24.8 Å². The maximum Gasteiger partial charge on any atom is 0.319 e. The molecule has 0 bridgehead atoms. The number of carbonyl (C=O) groups is 3. The first-order valence-corrected chi connectivity index (χ1v) is 13.1. The molecule has 8 nitrogen and oxygen atoms in total. The van der Waals surface area contributed by atoms with Gasteiger partial charge in [-0.2, -0.15) is 5.26 Å². The maximum atomic E-state index is 13.0. The predicted molar refractivity (Wildman–Crippen MR) is 144 cm³/mol. The van der Waals surface area contributed by atoms with E-state index >= 15 is 0 Å². The number of nitrogens with zero attached hydrogens (tertiary/aromatic N) is 1. The fourth-order valence-electron chi connectivity index (χ4n) is 3.88. The van der Waals surface area contributed by atoms with Gasteiger partial charge in [-0.1, -0.05) is 54.0 Å². The molecule has 2 atom stereocenters. The van der Waals surface area contributed by atoms with Gasteiger partial charge < -0.3 is 20.1 Å². The summed E-state index contributed by atoms with van der Waals surface area (Å²) >= 11 is 13.7. The number of hydrogen-bond donors (Lipinski definition) is 2. The zero-order valence-electron chi connectivity index (χ0n) is 20.4. The fourth-order valence-corrected chi connectivity index (χ4v) is 5.34. The number of allylic oxidation sites excluding steroid dienone is 1. The van der Waals surface area contributed by atoms with Crippen molar-refractivity contribution in [3.8, 4) is 11.8 Å². The van der Waals surface area contributed by atoms with Crippen molar-refractivity contribution in [1.82, 2.24) is 5.32 Å². The highest BCUT2D eigenvalue weighted by molar-refractivity contribution is 8.03. The lowest BCUT2D eigenvalue weighted by atomic mass is 9.78. The van der Waals surface area contributed by atoms with Gasteiger partial charge in [-0.3, -0.25) is 14.4 Å². The number of nitriles is 1. The molecule has 2 aromatic rings. The van der Waals surface area contributed by atoms with E-state index < -0.39 is 23.7 Å². The largest absolute Gasteiger partial charge is 0.491 e. The molecule has 0 unspecified atom stereocenters. The number of amides is 2. The van der Waals surface area contributed by atoms with Crippen LogP contribution in [0, 0.1) is 17.2 Å². The number of anilines is 1. The SMILES string of the molecule is CCOc1c(Cl)cc([C@@H]2C(C#N)=C(SCC(=O)Nc3ccc(CC)cc3)NC(=O)[C@@H]2C(=O)OC)cc1Cl. The number of esters is 1. The van der Waals surface area contributed by atoms with E-state index in [4.69, 9.17) is 32.7 Å². The minimum Gasteiger partial charge on any atom is -0.491 e. The zero-order chi connectivity index (χ0) is 27.1. The molecule has 1 aliphatic heterocycles. The van der Waals surface area contributed by atoms with Crippen molar-refractivity contribution in [1.29, 1.82) is 5.26 Å². The molecule has 1 aliphatic rings. The van der Waals surface area contributed by atoms with Crippen LogP contribution in [0.1, 0.15) is 30.9 Å². The van der Waals surface area contributed by atoms with E-state index in [2.05, 4.69) is 16.7 Å². The summed E-state index contributed by atoms with van der Waals surface area (Å²) in [5, 5.41) is 15.9. The van der Waals surface area contributed by atoms with Gasteiger partial charge in [0, 0.05) is 11.6 Å². The number of carbonyl (C=O) groups excluding carboxylic acids is 3. The molecule has 1 heterocycles. The normalized spacial score (nSPS) is 17.0. The lowest BCUT2D eigenvalue weighted by Gasteiger charge is -2.31. The van der Waals surface area contributed by atoms with Gasteiger partial charge in [0.15, 0.2) is 5.75 Å². The Morgan fingerprint density at radius 3 is 2.35 bits per heavy atom. The van der Waals surface area contributed by atoms with Crippen LogP contribution in [-0.4, -0.2) is 37.3 Å². The molecule has 0 aliphatic carbocycles. The third kappa shape index (κ3) is 6.58. The average molecular weight is 562 g/mol. The Labute approximate surface area is 229 Å². The van der Waals surface area contributed by atoms with E-state index in [1.807, 2.05) is 19.1 Å². The van der Waals surface area contributed by atoms with E-state index in [1.165, 1.54) is 12.1 Å². The molecule has 2 N–H and O–H groups in total. The first-order valence-electron chi connectivity index (χ1n) is 11.4. The second-order valence-electron chi connectivity index (χ2n) is 7.96. The number of ether oxygens (including phenoxy) is 2. The molecule has 11 heteroatoms. The van der Waals surface area contributed by atoms with Gasteiger partial charge in [0.05, 0.1) is 46.2 Å². The molecule has 194 valence electrons. The molecule has 0 spiro atoms. The minimum atomic E-state index is -1.36. The van der Waals surface area contributed by atoms with Crippen LogP contribution in [-0.2, 0) is 25.5 Å².